The summed E-state index contributed by atoms with van der Waals surface area (Å²) in [6, 6.07) is 5.84. The lowest BCUT2D eigenvalue weighted by Crippen LogP contribution is -2.41. The molecule has 174 valence electrons. The molecule has 2 heterocycles. The number of aromatic nitrogens is 2. The molecule has 1 saturated heterocycles. The predicted molar refractivity (Wildman–Crippen MR) is 116 cm³/mol. The third kappa shape index (κ3) is 6.03. The fraction of sp³-hybridized carbons (Fsp3) is 0.500. The van der Waals surface area contributed by atoms with Gasteiger partial charge in [0.1, 0.15) is 16.3 Å². The minimum atomic E-state index is -4.60. The zero-order chi connectivity index (χ0) is 23.7. The number of anilines is 2. The largest absolute Gasteiger partial charge is 0.444 e. The maximum absolute atomic E-state index is 12.8. The molecule has 1 fully saturated rings. The van der Waals surface area contributed by atoms with Gasteiger partial charge in [-0.1, -0.05) is 23.7 Å². The molecule has 0 unspecified atom stereocenters. The number of aryl methyl sites for hydroxylation is 1. The predicted octanol–water partition coefficient (Wildman–Crippen LogP) is 6.32. The van der Waals surface area contributed by atoms with E-state index in [-0.39, 0.29) is 12.0 Å². The summed E-state index contributed by atoms with van der Waals surface area (Å²) in [5.41, 5.74) is 1.12. The van der Waals surface area contributed by atoms with Gasteiger partial charge < -0.3 is 15.0 Å². The molecule has 1 amide bonds. The van der Waals surface area contributed by atoms with Crippen LogP contribution in [-0.4, -0.2) is 39.7 Å². The molecule has 3 rings (SSSR count). The molecule has 1 aliphatic rings. The number of carbonyl (C=O) groups excluding carboxylic acids is 1. The van der Waals surface area contributed by atoms with Gasteiger partial charge in [-0.2, -0.15) is 13.2 Å². The van der Waals surface area contributed by atoms with Gasteiger partial charge in [0.15, 0.2) is 0 Å². The van der Waals surface area contributed by atoms with E-state index in [2.05, 4.69) is 15.3 Å². The third-order valence-electron chi connectivity index (χ3n) is 5.16. The van der Waals surface area contributed by atoms with Crippen LogP contribution < -0.4 is 5.32 Å². The number of likely N-dealkylation sites (tertiary alicyclic amines) is 1. The number of benzene rings is 1. The quantitative estimate of drug-likeness (QED) is 0.532. The first-order valence-corrected chi connectivity index (χ1v) is 10.7. The van der Waals surface area contributed by atoms with Crippen molar-refractivity contribution in [3.8, 4) is 0 Å². The second kappa shape index (κ2) is 9.13. The number of ether oxygens (including phenoxy) is 1. The van der Waals surface area contributed by atoms with E-state index in [4.69, 9.17) is 16.3 Å². The molecule has 1 aromatic carbocycles. The van der Waals surface area contributed by atoms with E-state index >= 15 is 0 Å². The van der Waals surface area contributed by atoms with E-state index < -0.39 is 22.5 Å². The molecule has 6 nitrogen and oxygen atoms in total. The second-order valence-corrected chi connectivity index (χ2v) is 9.19. The third-order valence-corrected chi connectivity index (χ3v) is 5.45. The van der Waals surface area contributed by atoms with Crippen LogP contribution in [0, 0.1) is 6.92 Å². The minimum Gasteiger partial charge on any atom is -0.444 e. The SMILES string of the molecule is Cc1cc(C2CCN(C(=O)OC(C)(C)C)CC2)ccc1Nc1ncc(C(F)(F)F)c(Cl)n1. The Hall–Kier alpha value is -2.55. The Bertz CT molecular complexity index is 984. The van der Waals surface area contributed by atoms with Crippen LogP contribution in [0.5, 0.6) is 0 Å². The number of piperidine rings is 1. The number of amides is 1. The lowest BCUT2D eigenvalue weighted by molar-refractivity contribution is -0.137. The van der Waals surface area contributed by atoms with E-state index in [0.29, 0.717) is 30.9 Å². The highest BCUT2D eigenvalue weighted by Gasteiger charge is 2.34. The van der Waals surface area contributed by atoms with E-state index in [1.807, 2.05) is 45.9 Å². The first-order valence-electron chi connectivity index (χ1n) is 10.3. The van der Waals surface area contributed by atoms with Gasteiger partial charge in [-0.15, -0.1) is 0 Å². The highest BCUT2D eigenvalue weighted by Crippen LogP contribution is 2.34. The van der Waals surface area contributed by atoms with Gasteiger partial charge in [-0.25, -0.2) is 14.8 Å². The van der Waals surface area contributed by atoms with Crippen molar-refractivity contribution in [3.63, 3.8) is 0 Å². The Morgan fingerprint density at radius 3 is 2.41 bits per heavy atom. The Labute approximate surface area is 190 Å². The van der Waals surface area contributed by atoms with Crippen LogP contribution >= 0.6 is 11.6 Å². The first-order chi connectivity index (χ1) is 14.8. The number of nitrogens with zero attached hydrogens (tertiary/aromatic N) is 3. The summed E-state index contributed by atoms with van der Waals surface area (Å²) >= 11 is 5.67. The summed E-state index contributed by atoms with van der Waals surface area (Å²) in [4.78, 5) is 21.4. The maximum atomic E-state index is 12.8. The average Bonchev–Trinajstić information content (AvgIpc) is 2.67. The normalized spacial score (nSPS) is 15.6. The minimum absolute atomic E-state index is 0.00970. The molecule has 1 N–H and O–H groups in total. The van der Waals surface area contributed by atoms with Crippen molar-refractivity contribution in [2.24, 2.45) is 0 Å². The molecule has 0 spiro atoms. The lowest BCUT2D eigenvalue weighted by atomic mass is 9.88. The van der Waals surface area contributed by atoms with Gasteiger partial charge in [0.25, 0.3) is 0 Å². The van der Waals surface area contributed by atoms with Crippen molar-refractivity contribution in [3.05, 3.63) is 46.2 Å². The van der Waals surface area contributed by atoms with Crippen LogP contribution in [0.2, 0.25) is 5.15 Å². The summed E-state index contributed by atoms with van der Waals surface area (Å²) in [6.07, 6.45) is -2.58. The van der Waals surface area contributed by atoms with Gasteiger partial charge in [0.2, 0.25) is 5.95 Å². The van der Waals surface area contributed by atoms with Gasteiger partial charge in [0.05, 0.1) is 0 Å². The topological polar surface area (TPSA) is 67.3 Å². The fourth-order valence-electron chi connectivity index (χ4n) is 3.53. The number of nitrogens with one attached hydrogen (secondary N) is 1. The van der Waals surface area contributed by atoms with Crippen LogP contribution in [-0.2, 0) is 10.9 Å². The Kier molecular flexibility index (Phi) is 6.88. The molecule has 0 saturated carbocycles. The summed E-state index contributed by atoms with van der Waals surface area (Å²) in [5.74, 6) is 0.294. The van der Waals surface area contributed by atoms with Crippen LogP contribution in [0.15, 0.2) is 24.4 Å². The van der Waals surface area contributed by atoms with Gasteiger partial charge >= 0.3 is 12.3 Å². The second-order valence-electron chi connectivity index (χ2n) is 8.84. The molecule has 32 heavy (non-hydrogen) atoms. The molecule has 1 aromatic heterocycles. The Morgan fingerprint density at radius 1 is 1.22 bits per heavy atom. The zero-order valence-corrected chi connectivity index (χ0v) is 19.1. The number of rotatable bonds is 3. The van der Waals surface area contributed by atoms with Crippen LogP contribution in [0.1, 0.15) is 56.2 Å². The molecule has 10 heteroatoms. The highest BCUT2D eigenvalue weighted by atomic mass is 35.5. The maximum Gasteiger partial charge on any atom is 0.420 e. The van der Waals surface area contributed by atoms with E-state index in [1.54, 1.807) is 4.90 Å². The van der Waals surface area contributed by atoms with Crippen molar-refractivity contribution in [1.82, 2.24) is 14.9 Å². The highest BCUT2D eigenvalue weighted by molar-refractivity contribution is 6.30. The summed E-state index contributed by atoms with van der Waals surface area (Å²) in [5, 5.41) is 2.27. The summed E-state index contributed by atoms with van der Waals surface area (Å²) < 4.78 is 43.9. The number of carbonyl (C=O) groups is 1. The zero-order valence-electron chi connectivity index (χ0n) is 18.4. The summed E-state index contributed by atoms with van der Waals surface area (Å²) in [6.45, 7) is 8.68. The van der Waals surface area contributed by atoms with Gasteiger partial charge in [-0.3, -0.25) is 0 Å². The number of hydrogen-bond acceptors (Lipinski definition) is 5. The van der Waals surface area contributed by atoms with Gasteiger partial charge in [-0.05, 0) is 63.6 Å². The molecule has 1 aliphatic heterocycles. The standard InChI is InChI=1S/C22H26ClF3N4O2/c1-13-11-15(14-7-9-30(10-8-14)20(31)32-21(2,3)4)5-6-17(13)28-19-27-12-16(18(23)29-19)22(24,25)26/h5-6,11-12,14H,7-10H2,1-4H3,(H,27,28,29). The van der Waals surface area contributed by atoms with Crippen LogP contribution in [0.4, 0.5) is 29.6 Å². The monoisotopic (exact) mass is 470 g/mol. The van der Waals surface area contributed by atoms with Crippen molar-refractivity contribution in [2.45, 2.75) is 58.2 Å². The molecular weight excluding hydrogens is 445 g/mol. The van der Waals surface area contributed by atoms with Gasteiger partial charge in [0, 0.05) is 25.0 Å². The van der Waals surface area contributed by atoms with Crippen molar-refractivity contribution < 1.29 is 22.7 Å². The smallest absolute Gasteiger partial charge is 0.420 e. The Balaban J connectivity index is 1.64. The number of alkyl halides is 3. The first kappa shape index (κ1) is 24.1. The molecule has 2 aromatic rings. The van der Waals surface area contributed by atoms with Crippen molar-refractivity contribution in [2.75, 3.05) is 18.4 Å². The average molecular weight is 471 g/mol. The Morgan fingerprint density at radius 2 is 1.88 bits per heavy atom. The number of hydrogen-bond donors (Lipinski definition) is 1. The molecular formula is C22H26ClF3N4O2. The molecule has 0 radical (unpaired) electrons. The van der Waals surface area contributed by atoms with E-state index in [1.165, 1.54) is 0 Å². The van der Waals surface area contributed by atoms with Crippen molar-refractivity contribution in [1.29, 1.82) is 0 Å². The molecule has 0 atom stereocenters. The molecule has 0 bridgehead atoms. The van der Waals surface area contributed by atoms with E-state index in [9.17, 15) is 18.0 Å². The van der Waals surface area contributed by atoms with Crippen LogP contribution in [0.25, 0.3) is 0 Å². The summed E-state index contributed by atoms with van der Waals surface area (Å²) in [7, 11) is 0. The van der Waals surface area contributed by atoms with Crippen molar-refractivity contribution >= 4 is 29.3 Å². The lowest BCUT2D eigenvalue weighted by Gasteiger charge is -2.33. The van der Waals surface area contributed by atoms with E-state index in [0.717, 1.165) is 24.0 Å². The molecule has 0 aliphatic carbocycles. The fourth-order valence-corrected chi connectivity index (χ4v) is 3.77. The van der Waals surface area contributed by atoms with Crippen LogP contribution in [0.3, 0.4) is 0 Å². The number of halogens is 4.